The van der Waals surface area contributed by atoms with Gasteiger partial charge in [-0.1, -0.05) is 90.0 Å². The first-order valence-corrected chi connectivity index (χ1v) is 11.7. The molecule has 2 rings (SSSR count). The molecule has 0 amide bonds. The Morgan fingerprint density at radius 3 is 1.87 bits per heavy atom. The minimum atomic E-state index is -1.60. The van der Waals surface area contributed by atoms with Crippen molar-refractivity contribution in [1.82, 2.24) is 0 Å². The van der Waals surface area contributed by atoms with Crippen LogP contribution in [-0.2, 0) is 4.79 Å². The molecule has 170 valence electrons. The van der Waals surface area contributed by atoms with Crippen molar-refractivity contribution in [2.45, 2.75) is 78.3 Å². The molecule has 0 aliphatic rings. The summed E-state index contributed by atoms with van der Waals surface area (Å²) in [5, 5.41) is 0. The van der Waals surface area contributed by atoms with Gasteiger partial charge in [0.1, 0.15) is 11.5 Å². The Hall–Kier alpha value is -2.36. The van der Waals surface area contributed by atoms with E-state index in [0.29, 0.717) is 12.2 Å². The molecule has 31 heavy (non-hydrogen) atoms. The molecule has 4 heteroatoms. The van der Waals surface area contributed by atoms with Crippen LogP contribution in [0.4, 0.5) is 4.39 Å². The van der Waals surface area contributed by atoms with E-state index >= 15 is 0 Å². The van der Waals surface area contributed by atoms with E-state index in [4.69, 9.17) is 9.47 Å². The van der Waals surface area contributed by atoms with Crippen molar-refractivity contribution in [3.63, 3.8) is 0 Å². The van der Waals surface area contributed by atoms with Gasteiger partial charge in [0.15, 0.2) is 6.17 Å². The summed E-state index contributed by atoms with van der Waals surface area (Å²) in [7, 11) is 0. The molecule has 0 aliphatic carbocycles. The molecule has 2 atom stereocenters. The van der Waals surface area contributed by atoms with Crippen molar-refractivity contribution < 1.29 is 18.7 Å². The molecular formula is C27H37FO3. The van der Waals surface area contributed by atoms with Gasteiger partial charge in [-0.05, 0) is 47.7 Å². The Morgan fingerprint density at radius 1 is 0.806 bits per heavy atom. The van der Waals surface area contributed by atoms with E-state index in [0.717, 1.165) is 29.9 Å². The normalized spacial score (nSPS) is 12.9. The second-order valence-electron chi connectivity index (χ2n) is 8.23. The fourth-order valence-electron chi connectivity index (χ4n) is 3.32. The Bertz CT molecular complexity index is 755. The first-order chi connectivity index (χ1) is 15.0. The van der Waals surface area contributed by atoms with E-state index in [9.17, 15) is 9.18 Å². The highest BCUT2D eigenvalue weighted by Crippen LogP contribution is 2.25. The second kappa shape index (κ2) is 13.8. The average Bonchev–Trinajstić information content (AvgIpc) is 2.80. The van der Waals surface area contributed by atoms with Crippen LogP contribution in [0.15, 0.2) is 48.5 Å². The summed E-state index contributed by atoms with van der Waals surface area (Å²) in [6.45, 7) is 6.55. The topological polar surface area (TPSA) is 35.5 Å². The van der Waals surface area contributed by atoms with Gasteiger partial charge in [-0.2, -0.15) is 0 Å². The number of rotatable bonds is 14. The summed E-state index contributed by atoms with van der Waals surface area (Å²) in [5.74, 6) is 0.0523. The first-order valence-electron chi connectivity index (χ1n) is 11.7. The number of esters is 1. The summed E-state index contributed by atoms with van der Waals surface area (Å²) in [6.07, 6.45) is 7.89. The number of hydrogen-bond donors (Lipinski definition) is 0. The molecule has 3 nitrogen and oxygen atoms in total. The lowest BCUT2D eigenvalue weighted by atomic mass is 10.0. The maximum Gasteiger partial charge on any atom is 0.346 e. The first kappa shape index (κ1) is 24.9. The second-order valence-corrected chi connectivity index (χ2v) is 8.23. The van der Waals surface area contributed by atoms with Gasteiger partial charge in [-0.3, -0.25) is 0 Å². The van der Waals surface area contributed by atoms with Gasteiger partial charge in [-0.15, -0.1) is 0 Å². The monoisotopic (exact) mass is 428 g/mol. The van der Waals surface area contributed by atoms with Gasteiger partial charge < -0.3 is 9.47 Å². The molecule has 0 heterocycles. The lowest BCUT2D eigenvalue weighted by Crippen LogP contribution is -2.27. The van der Waals surface area contributed by atoms with Crippen LogP contribution in [0.3, 0.4) is 0 Å². The van der Waals surface area contributed by atoms with Gasteiger partial charge in [0.25, 0.3) is 0 Å². The van der Waals surface area contributed by atoms with Crippen LogP contribution < -0.4 is 9.47 Å². The van der Waals surface area contributed by atoms with Gasteiger partial charge in [0.2, 0.25) is 0 Å². The summed E-state index contributed by atoms with van der Waals surface area (Å²) >= 11 is 0. The van der Waals surface area contributed by atoms with Crippen molar-refractivity contribution in [3.05, 3.63) is 48.5 Å². The van der Waals surface area contributed by atoms with E-state index in [-0.39, 0.29) is 5.92 Å². The number of halogens is 1. The van der Waals surface area contributed by atoms with Gasteiger partial charge in [0.05, 0.1) is 6.61 Å². The molecule has 0 spiro atoms. The minimum Gasteiger partial charge on any atom is -0.494 e. The molecule has 0 saturated carbocycles. The fraction of sp³-hybridized carbons (Fsp3) is 0.519. The molecule has 0 bridgehead atoms. The molecule has 2 aromatic carbocycles. The predicted octanol–water partition coefficient (Wildman–Crippen LogP) is 7.77. The molecule has 0 aliphatic heterocycles. The van der Waals surface area contributed by atoms with Gasteiger partial charge in [0, 0.05) is 0 Å². The fourth-order valence-corrected chi connectivity index (χ4v) is 3.32. The van der Waals surface area contributed by atoms with E-state index in [1.54, 1.807) is 19.1 Å². The SMILES string of the molecule is CCCCCCCCCOc1ccc(-c2ccc(OC(=O)C(F)C(C)CC)cc2)cc1. The van der Waals surface area contributed by atoms with Crippen LogP contribution in [0, 0.1) is 5.92 Å². The quantitative estimate of drug-likeness (QED) is 0.175. The standard InChI is InChI=1S/C27H37FO3/c1-4-6-7-8-9-10-11-20-30-24-16-12-22(13-17-24)23-14-18-25(19-15-23)31-27(29)26(28)21(3)5-2/h12-19,21,26H,4-11,20H2,1-3H3. The zero-order valence-electron chi connectivity index (χ0n) is 19.2. The minimum absolute atomic E-state index is 0.349. The summed E-state index contributed by atoms with van der Waals surface area (Å²) < 4.78 is 25.0. The van der Waals surface area contributed by atoms with E-state index in [1.807, 2.05) is 43.3 Å². The number of ether oxygens (including phenoxy) is 2. The summed E-state index contributed by atoms with van der Waals surface area (Å²) in [6, 6.07) is 15.1. The lowest BCUT2D eigenvalue weighted by Gasteiger charge is -2.13. The number of carbonyl (C=O) groups is 1. The van der Waals surface area contributed by atoms with Crippen LogP contribution in [0.2, 0.25) is 0 Å². The third kappa shape index (κ3) is 8.72. The maximum absolute atomic E-state index is 14.0. The molecule has 2 unspecified atom stereocenters. The largest absolute Gasteiger partial charge is 0.494 e. The van der Waals surface area contributed by atoms with E-state index in [2.05, 4.69) is 6.92 Å². The van der Waals surface area contributed by atoms with Crippen LogP contribution in [0.5, 0.6) is 11.5 Å². The highest BCUT2D eigenvalue weighted by atomic mass is 19.1. The Balaban J connectivity index is 1.77. The smallest absolute Gasteiger partial charge is 0.346 e. The Kier molecular flexibility index (Phi) is 11.1. The Labute approximate surface area is 187 Å². The molecule has 0 N–H and O–H groups in total. The predicted molar refractivity (Wildman–Crippen MR) is 125 cm³/mol. The number of unbranched alkanes of at least 4 members (excludes halogenated alkanes) is 6. The van der Waals surface area contributed by atoms with Crippen LogP contribution in [0.1, 0.15) is 72.1 Å². The lowest BCUT2D eigenvalue weighted by molar-refractivity contribution is -0.141. The third-order valence-corrected chi connectivity index (χ3v) is 5.65. The number of carbonyl (C=O) groups excluding carboxylic acids is 1. The van der Waals surface area contributed by atoms with Crippen molar-refractivity contribution in [2.75, 3.05) is 6.61 Å². The highest BCUT2D eigenvalue weighted by Gasteiger charge is 2.25. The maximum atomic E-state index is 14.0. The number of hydrogen-bond acceptors (Lipinski definition) is 3. The molecule has 0 aromatic heterocycles. The van der Waals surface area contributed by atoms with Crippen molar-refractivity contribution in [3.8, 4) is 22.6 Å². The van der Waals surface area contributed by atoms with E-state index in [1.165, 1.54) is 38.5 Å². The van der Waals surface area contributed by atoms with Crippen molar-refractivity contribution in [1.29, 1.82) is 0 Å². The third-order valence-electron chi connectivity index (χ3n) is 5.65. The average molecular weight is 429 g/mol. The highest BCUT2D eigenvalue weighted by molar-refractivity contribution is 5.77. The van der Waals surface area contributed by atoms with Gasteiger partial charge in [-0.25, -0.2) is 9.18 Å². The molecule has 0 radical (unpaired) electrons. The molecule has 0 fully saturated rings. The van der Waals surface area contributed by atoms with Crippen LogP contribution >= 0.6 is 0 Å². The summed E-state index contributed by atoms with van der Waals surface area (Å²) in [4.78, 5) is 11.9. The van der Waals surface area contributed by atoms with Crippen LogP contribution in [0.25, 0.3) is 11.1 Å². The zero-order chi connectivity index (χ0) is 22.5. The van der Waals surface area contributed by atoms with Gasteiger partial charge >= 0.3 is 5.97 Å². The molecule has 0 saturated heterocycles. The number of alkyl halides is 1. The summed E-state index contributed by atoms with van der Waals surface area (Å²) in [5.41, 5.74) is 2.04. The molecular weight excluding hydrogens is 391 g/mol. The van der Waals surface area contributed by atoms with E-state index < -0.39 is 12.1 Å². The number of benzene rings is 2. The Morgan fingerprint density at radius 2 is 1.32 bits per heavy atom. The zero-order valence-corrected chi connectivity index (χ0v) is 19.2. The van der Waals surface area contributed by atoms with Crippen molar-refractivity contribution in [2.24, 2.45) is 5.92 Å². The molecule has 2 aromatic rings. The van der Waals surface area contributed by atoms with Crippen molar-refractivity contribution >= 4 is 5.97 Å². The van der Waals surface area contributed by atoms with Crippen LogP contribution in [-0.4, -0.2) is 18.7 Å².